The van der Waals surface area contributed by atoms with Crippen LogP contribution in [0.5, 0.6) is 5.75 Å². The molecule has 6 nitrogen and oxygen atoms in total. The molecule has 4 rings (SSSR count). The maximum Gasteiger partial charge on any atom is 0.256 e. The predicted octanol–water partition coefficient (Wildman–Crippen LogP) is 4.30. The smallest absolute Gasteiger partial charge is 0.256 e. The van der Waals surface area contributed by atoms with Gasteiger partial charge in [0.05, 0.1) is 18.4 Å². The molecule has 1 saturated heterocycles. The monoisotopic (exact) mass is 429 g/mol. The third-order valence-corrected chi connectivity index (χ3v) is 5.66. The summed E-state index contributed by atoms with van der Waals surface area (Å²) < 4.78 is 5.24. The van der Waals surface area contributed by atoms with Crippen LogP contribution in [0.2, 0.25) is 0 Å². The van der Waals surface area contributed by atoms with E-state index >= 15 is 0 Å². The van der Waals surface area contributed by atoms with Crippen molar-refractivity contribution in [3.8, 4) is 5.75 Å². The molecule has 1 heterocycles. The fourth-order valence-electron chi connectivity index (χ4n) is 3.90. The molecular formula is C26H27N3O3. The van der Waals surface area contributed by atoms with E-state index in [1.165, 1.54) is 0 Å². The van der Waals surface area contributed by atoms with E-state index in [0.717, 1.165) is 30.9 Å². The molecule has 0 aromatic heterocycles. The van der Waals surface area contributed by atoms with Crippen LogP contribution < -0.4 is 15.0 Å². The highest BCUT2D eigenvalue weighted by atomic mass is 16.5. The second kappa shape index (κ2) is 10.0. The fourth-order valence-corrected chi connectivity index (χ4v) is 3.90. The van der Waals surface area contributed by atoms with Crippen LogP contribution in [-0.4, -0.2) is 50.0 Å². The van der Waals surface area contributed by atoms with E-state index in [0.29, 0.717) is 29.9 Å². The molecule has 32 heavy (non-hydrogen) atoms. The minimum absolute atomic E-state index is 0.0643. The Hall–Kier alpha value is -3.80. The van der Waals surface area contributed by atoms with Gasteiger partial charge in [0.15, 0.2) is 0 Å². The summed E-state index contributed by atoms with van der Waals surface area (Å²) in [6, 6.07) is 24.2. The van der Waals surface area contributed by atoms with E-state index in [-0.39, 0.29) is 11.8 Å². The molecule has 3 aromatic rings. The summed E-state index contributed by atoms with van der Waals surface area (Å²) in [7, 11) is 1.66. The molecule has 2 amide bonds. The van der Waals surface area contributed by atoms with Crippen LogP contribution in [0, 0.1) is 0 Å². The molecule has 0 bridgehead atoms. The zero-order valence-electron chi connectivity index (χ0n) is 18.2. The van der Waals surface area contributed by atoms with E-state index in [4.69, 9.17) is 4.74 Å². The lowest BCUT2D eigenvalue weighted by atomic mass is 10.1. The van der Waals surface area contributed by atoms with Crippen molar-refractivity contribution < 1.29 is 14.3 Å². The Labute approximate surface area is 188 Å². The third kappa shape index (κ3) is 4.91. The van der Waals surface area contributed by atoms with Gasteiger partial charge in [0, 0.05) is 37.4 Å². The number of hydrogen-bond acceptors (Lipinski definition) is 4. The van der Waals surface area contributed by atoms with E-state index in [1.807, 2.05) is 59.5 Å². The van der Waals surface area contributed by atoms with Gasteiger partial charge in [0.25, 0.3) is 11.8 Å². The summed E-state index contributed by atoms with van der Waals surface area (Å²) in [4.78, 5) is 30.1. The van der Waals surface area contributed by atoms with Crippen LogP contribution in [0.3, 0.4) is 0 Å². The molecule has 1 fully saturated rings. The number of rotatable bonds is 5. The fraction of sp³-hybridized carbons (Fsp3) is 0.231. The van der Waals surface area contributed by atoms with Gasteiger partial charge in [0.2, 0.25) is 0 Å². The lowest BCUT2D eigenvalue weighted by Gasteiger charge is -2.24. The molecule has 0 atom stereocenters. The van der Waals surface area contributed by atoms with Crippen molar-refractivity contribution in [1.82, 2.24) is 4.90 Å². The van der Waals surface area contributed by atoms with Crippen LogP contribution in [-0.2, 0) is 0 Å². The lowest BCUT2D eigenvalue weighted by Crippen LogP contribution is -2.35. The van der Waals surface area contributed by atoms with Gasteiger partial charge in [-0.25, -0.2) is 0 Å². The minimum Gasteiger partial charge on any atom is -0.497 e. The molecule has 3 aromatic carbocycles. The van der Waals surface area contributed by atoms with E-state index in [1.54, 1.807) is 31.4 Å². The van der Waals surface area contributed by atoms with Crippen LogP contribution in [0.1, 0.15) is 27.1 Å². The second-order valence-electron chi connectivity index (χ2n) is 7.70. The zero-order chi connectivity index (χ0) is 22.3. The van der Waals surface area contributed by atoms with Gasteiger partial charge in [-0.1, -0.05) is 30.3 Å². The highest BCUT2D eigenvalue weighted by Crippen LogP contribution is 2.23. The van der Waals surface area contributed by atoms with Gasteiger partial charge < -0.3 is 19.9 Å². The summed E-state index contributed by atoms with van der Waals surface area (Å²) in [5.41, 5.74) is 2.72. The first kappa shape index (κ1) is 21.4. The Morgan fingerprint density at radius 3 is 2.28 bits per heavy atom. The maximum atomic E-state index is 13.4. The van der Waals surface area contributed by atoms with Crippen LogP contribution in [0.15, 0.2) is 78.9 Å². The molecule has 0 radical (unpaired) electrons. The first-order valence-corrected chi connectivity index (χ1v) is 10.8. The Balaban J connectivity index is 1.45. The SMILES string of the molecule is COc1ccc(N2CCCN(C(=O)c3ccccc3NC(=O)c3ccccc3)CC2)cc1. The number of amides is 2. The number of benzene rings is 3. The highest BCUT2D eigenvalue weighted by Gasteiger charge is 2.23. The van der Waals surface area contributed by atoms with Crippen LogP contribution in [0.4, 0.5) is 11.4 Å². The van der Waals surface area contributed by atoms with Crippen molar-refractivity contribution in [2.24, 2.45) is 0 Å². The second-order valence-corrected chi connectivity index (χ2v) is 7.70. The van der Waals surface area contributed by atoms with Crippen molar-refractivity contribution in [1.29, 1.82) is 0 Å². The van der Waals surface area contributed by atoms with Crippen molar-refractivity contribution in [3.63, 3.8) is 0 Å². The molecule has 164 valence electrons. The maximum absolute atomic E-state index is 13.4. The topological polar surface area (TPSA) is 61.9 Å². The van der Waals surface area contributed by atoms with Crippen molar-refractivity contribution >= 4 is 23.2 Å². The Morgan fingerprint density at radius 1 is 0.812 bits per heavy atom. The van der Waals surface area contributed by atoms with Gasteiger partial charge in [0.1, 0.15) is 5.75 Å². The summed E-state index contributed by atoms with van der Waals surface area (Å²) in [6.07, 6.45) is 0.871. The lowest BCUT2D eigenvalue weighted by molar-refractivity contribution is 0.0768. The van der Waals surface area contributed by atoms with Gasteiger partial charge in [-0.3, -0.25) is 9.59 Å². The summed E-state index contributed by atoms with van der Waals surface area (Å²) in [5.74, 6) is 0.535. The standard InChI is InChI=1S/C26H27N3O3/c1-32-22-14-12-21(13-15-22)28-16-7-17-29(19-18-28)26(31)23-10-5-6-11-24(23)27-25(30)20-8-3-2-4-9-20/h2-6,8-15H,7,16-19H2,1H3,(H,27,30). The van der Waals surface area contributed by atoms with Crippen molar-refractivity contribution in [3.05, 3.63) is 90.0 Å². The number of hydrogen-bond donors (Lipinski definition) is 1. The van der Waals surface area contributed by atoms with Crippen LogP contribution in [0.25, 0.3) is 0 Å². The normalized spacial score (nSPS) is 13.9. The van der Waals surface area contributed by atoms with E-state index in [9.17, 15) is 9.59 Å². The molecule has 6 heteroatoms. The number of anilines is 2. The first-order valence-electron chi connectivity index (χ1n) is 10.8. The molecule has 1 aliphatic heterocycles. The number of para-hydroxylation sites is 1. The molecular weight excluding hydrogens is 402 g/mol. The van der Waals surface area contributed by atoms with Gasteiger partial charge in [-0.2, -0.15) is 0 Å². The quantitative estimate of drug-likeness (QED) is 0.657. The summed E-state index contributed by atoms with van der Waals surface area (Å²) in [6.45, 7) is 2.91. The van der Waals surface area contributed by atoms with Crippen molar-refractivity contribution in [2.75, 3.05) is 43.5 Å². The Kier molecular flexibility index (Phi) is 6.70. The Bertz CT molecular complexity index is 1070. The predicted molar refractivity (Wildman–Crippen MR) is 127 cm³/mol. The number of carbonyl (C=O) groups is 2. The number of ether oxygens (including phenoxy) is 1. The highest BCUT2D eigenvalue weighted by molar-refractivity contribution is 6.09. The van der Waals surface area contributed by atoms with E-state index in [2.05, 4.69) is 10.2 Å². The number of nitrogens with zero attached hydrogens (tertiary/aromatic N) is 2. The molecule has 0 unspecified atom stereocenters. The molecule has 0 aliphatic carbocycles. The average molecular weight is 430 g/mol. The zero-order valence-corrected chi connectivity index (χ0v) is 18.2. The van der Waals surface area contributed by atoms with Gasteiger partial charge in [-0.15, -0.1) is 0 Å². The Morgan fingerprint density at radius 2 is 1.53 bits per heavy atom. The van der Waals surface area contributed by atoms with Gasteiger partial charge >= 0.3 is 0 Å². The van der Waals surface area contributed by atoms with Crippen molar-refractivity contribution in [2.45, 2.75) is 6.42 Å². The first-order chi connectivity index (χ1) is 15.7. The number of carbonyl (C=O) groups excluding carboxylic acids is 2. The van der Waals surface area contributed by atoms with E-state index < -0.39 is 0 Å². The largest absolute Gasteiger partial charge is 0.497 e. The summed E-state index contributed by atoms with van der Waals surface area (Å²) >= 11 is 0. The van der Waals surface area contributed by atoms with Gasteiger partial charge in [-0.05, 0) is 55.0 Å². The molecule has 1 N–H and O–H groups in total. The molecule has 0 saturated carbocycles. The van der Waals surface area contributed by atoms with Crippen LogP contribution >= 0.6 is 0 Å². The number of nitrogens with one attached hydrogen (secondary N) is 1. The molecule has 1 aliphatic rings. The summed E-state index contributed by atoms with van der Waals surface area (Å²) in [5, 5.41) is 2.90. The number of methoxy groups -OCH3 is 1. The third-order valence-electron chi connectivity index (χ3n) is 5.66. The molecule has 0 spiro atoms. The average Bonchev–Trinajstić information content (AvgIpc) is 3.11. The minimum atomic E-state index is -0.229.